The van der Waals surface area contributed by atoms with Gasteiger partial charge in [0, 0.05) is 0 Å². The summed E-state index contributed by atoms with van der Waals surface area (Å²) >= 11 is 5.73. The van der Waals surface area contributed by atoms with Crippen molar-refractivity contribution in [3.8, 4) is 0 Å². The predicted molar refractivity (Wildman–Crippen MR) is 70.6 cm³/mol. The SMILES string of the molecule is Cc1nc2ccccc2n1Cc1cnc(Cl)cn1. The zero-order chi connectivity index (χ0) is 12.5. The minimum atomic E-state index is 0.408. The highest BCUT2D eigenvalue weighted by atomic mass is 35.5. The Morgan fingerprint density at radius 1 is 1.17 bits per heavy atom. The smallest absolute Gasteiger partial charge is 0.147 e. The first kappa shape index (κ1) is 11.2. The highest BCUT2D eigenvalue weighted by molar-refractivity contribution is 6.29. The molecule has 90 valence electrons. The van der Waals surface area contributed by atoms with Crippen LogP contribution in [0.1, 0.15) is 11.5 Å². The molecule has 0 aliphatic heterocycles. The van der Waals surface area contributed by atoms with Crippen molar-refractivity contribution in [2.24, 2.45) is 0 Å². The van der Waals surface area contributed by atoms with Crippen molar-refractivity contribution >= 4 is 22.6 Å². The molecule has 0 spiro atoms. The van der Waals surface area contributed by atoms with Crippen molar-refractivity contribution in [1.82, 2.24) is 19.5 Å². The molecule has 4 nitrogen and oxygen atoms in total. The van der Waals surface area contributed by atoms with Crippen molar-refractivity contribution in [2.45, 2.75) is 13.5 Å². The lowest BCUT2D eigenvalue weighted by Crippen LogP contribution is -2.04. The number of hydrogen-bond acceptors (Lipinski definition) is 3. The number of aryl methyl sites for hydroxylation is 1. The highest BCUT2D eigenvalue weighted by Crippen LogP contribution is 2.16. The number of fused-ring (bicyclic) bond motifs is 1. The van der Waals surface area contributed by atoms with Gasteiger partial charge in [-0.3, -0.25) is 4.98 Å². The number of benzene rings is 1. The molecule has 0 N–H and O–H groups in total. The Morgan fingerprint density at radius 2 is 2.00 bits per heavy atom. The van der Waals surface area contributed by atoms with Gasteiger partial charge in [0.25, 0.3) is 0 Å². The van der Waals surface area contributed by atoms with Gasteiger partial charge in [-0.2, -0.15) is 0 Å². The predicted octanol–water partition coefficient (Wildman–Crippen LogP) is 2.84. The lowest BCUT2D eigenvalue weighted by molar-refractivity contribution is 0.759. The van der Waals surface area contributed by atoms with Gasteiger partial charge in [0.1, 0.15) is 11.0 Å². The van der Waals surface area contributed by atoms with Gasteiger partial charge in [-0.1, -0.05) is 23.7 Å². The van der Waals surface area contributed by atoms with E-state index >= 15 is 0 Å². The van der Waals surface area contributed by atoms with E-state index in [1.54, 1.807) is 12.4 Å². The molecule has 0 fully saturated rings. The molecule has 3 rings (SSSR count). The molecule has 2 heterocycles. The van der Waals surface area contributed by atoms with E-state index in [-0.39, 0.29) is 0 Å². The molecule has 3 aromatic rings. The van der Waals surface area contributed by atoms with Crippen LogP contribution in [0.2, 0.25) is 5.15 Å². The summed E-state index contributed by atoms with van der Waals surface area (Å²) in [6.45, 7) is 2.64. The van der Waals surface area contributed by atoms with Gasteiger partial charge >= 0.3 is 0 Å². The van der Waals surface area contributed by atoms with Crippen LogP contribution in [0, 0.1) is 6.92 Å². The van der Waals surface area contributed by atoms with Crippen molar-refractivity contribution in [1.29, 1.82) is 0 Å². The number of nitrogens with zero attached hydrogens (tertiary/aromatic N) is 4. The molecule has 5 heteroatoms. The summed E-state index contributed by atoms with van der Waals surface area (Å²) in [5.41, 5.74) is 2.97. The Bertz CT molecular complexity index is 688. The van der Waals surface area contributed by atoms with Crippen LogP contribution in [-0.4, -0.2) is 19.5 Å². The van der Waals surface area contributed by atoms with Crippen LogP contribution >= 0.6 is 11.6 Å². The number of imidazole rings is 1. The number of rotatable bonds is 2. The minimum Gasteiger partial charge on any atom is -0.322 e. The summed E-state index contributed by atoms with van der Waals surface area (Å²) < 4.78 is 2.12. The topological polar surface area (TPSA) is 43.6 Å². The maximum atomic E-state index is 5.73. The Labute approximate surface area is 109 Å². The van der Waals surface area contributed by atoms with Crippen LogP contribution in [0.4, 0.5) is 0 Å². The Morgan fingerprint density at radius 3 is 2.78 bits per heavy atom. The Kier molecular flexibility index (Phi) is 2.72. The second kappa shape index (κ2) is 4.38. The van der Waals surface area contributed by atoms with Crippen molar-refractivity contribution in [3.05, 3.63) is 53.3 Å². The number of para-hydroxylation sites is 2. The van der Waals surface area contributed by atoms with Crippen molar-refractivity contribution in [2.75, 3.05) is 0 Å². The zero-order valence-corrected chi connectivity index (χ0v) is 10.6. The molecule has 0 radical (unpaired) electrons. The van der Waals surface area contributed by atoms with Crippen LogP contribution in [0.5, 0.6) is 0 Å². The maximum Gasteiger partial charge on any atom is 0.147 e. The van der Waals surface area contributed by atoms with E-state index < -0.39 is 0 Å². The molecule has 0 saturated heterocycles. The van der Waals surface area contributed by atoms with E-state index in [1.165, 1.54) is 0 Å². The molecular formula is C13H11ClN4. The monoisotopic (exact) mass is 258 g/mol. The second-order valence-electron chi connectivity index (χ2n) is 4.06. The summed E-state index contributed by atoms with van der Waals surface area (Å²) in [5.74, 6) is 0.966. The fourth-order valence-electron chi connectivity index (χ4n) is 1.98. The van der Waals surface area contributed by atoms with Gasteiger partial charge < -0.3 is 4.57 Å². The molecule has 0 aliphatic carbocycles. The lowest BCUT2D eigenvalue weighted by atomic mass is 10.3. The summed E-state index contributed by atoms with van der Waals surface area (Å²) in [6, 6.07) is 8.06. The molecule has 0 saturated carbocycles. The number of hydrogen-bond donors (Lipinski definition) is 0. The first-order chi connectivity index (χ1) is 8.74. The van der Waals surface area contributed by atoms with Crippen LogP contribution in [0.25, 0.3) is 11.0 Å². The van der Waals surface area contributed by atoms with E-state index in [0.717, 1.165) is 22.6 Å². The average Bonchev–Trinajstić information content (AvgIpc) is 2.69. The summed E-state index contributed by atoms with van der Waals surface area (Å²) in [5, 5.41) is 0.408. The third-order valence-electron chi connectivity index (χ3n) is 2.84. The third-order valence-corrected chi connectivity index (χ3v) is 3.03. The fraction of sp³-hybridized carbons (Fsp3) is 0.154. The van der Waals surface area contributed by atoms with Gasteiger partial charge in [-0.25, -0.2) is 9.97 Å². The standard InChI is InChI=1S/C13H11ClN4/c1-9-17-11-4-2-3-5-12(11)18(9)8-10-6-16-13(14)7-15-10/h2-7H,8H2,1H3. The van der Waals surface area contributed by atoms with Gasteiger partial charge in [-0.05, 0) is 19.1 Å². The van der Waals surface area contributed by atoms with E-state index in [1.807, 2.05) is 25.1 Å². The van der Waals surface area contributed by atoms with E-state index in [2.05, 4.69) is 25.6 Å². The lowest BCUT2D eigenvalue weighted by Gasteiger charge is -2.05. The van der Waals surface area contributed by atoms with Crippen molar-refractivity contribution < 1.29 is 0 Å². The molecule has 18 heavy (non-hydrogen) atoms. The van der Waals surface area contributed by atoms with E-state index in [9.17, 15) is 0 Å². The number of aromatic nitrogens is 4. The van der Waals surface area contributed by atoms with E-state index in [4.69, 9.17) is 11.6 Å². The van der Waals surface area contributed by atoms with Crippen LogP contribution in [0.15, 0.2) is 36.7 Å². The molecule has 0 atom stereocenters. The third kappa shape index (κ3) is 1.95. The summed E-state index contributed by atoms with van der Waals surface area (Å²) in [6.07, 6.45) is 3.25. The fourth-order valence-corrected chi connectivity index (χ4v) is 2.08. The average molecular weight is 259 g/mol. The zero-order valence-electron chi connectivity index (χ0n) is 9.84. The molecule has 0 amide bonds. The van der Waals surface area contributed by atoms with Crippen LogP contribution < -0.4 is 0 Å². The molecular weight excluding hydrogens is 248 g/mol. The number of halogens is 1. The first-order valence-electron chi connectivity index (χ1n) is 5.62. The highest BCUT2D eigenvalue weighted by Gasteiger charge is 2.07. The summed E-state index contributed by atoms with van der Waals surface area (Å²) in [7, 11) is 0. The largest absolute Gasteiger partial charge is 0.322 e. The molecule has 0 aliphatic rings. The molecule has 2 aromatic heterocycles. The second-order valence-corrected chi connectivity index (χ2v) is 4.45. The minimum absolute atomic E-state index is 0.408. The van der Waals surface area contributed by atoms with Gasteiger partial charge in [0.2, 0.25) is 0 Å². The Hall–Kier alpha value is -1.94. The normalized spacial score (nSPS) is 11.0. The van der Waals surface area contributed by atoms with Gasteiger partial charge in [0.05, 0.1) is 35.7 Å². The molecule has 0 unspecified atom stereocenters. The molecule has 0 bridgehead atoms. The maximum absolute atomic E-state index is 5.73. The first-order valence-corrected chi connectivity index (χ1v) is 6.00. The van der Waals surface area contributed by atoms with Gasteiger partial charge in [0.15, 0.2) is 0 Å². The van der Waals surface area contributed by atoms with Crippen LogP contribution in [-0.2, 0) is 6.54 Å². The quantitative estimate of drug-likeness (QED) is 0.710. The van der Waals surface area contributed by atoms with E-state index in [0.29, 0.717) is 11.7 Å². The van der Waals surface area contributed by atoms with Gasteiger partial charge in [-0.15, -0.1) is 0 Å². The molecule has 1 aromatic carbocycles. The van der Waals surface area contributed by atoms with Crippen LogP contribution in [0.3, 0.4) is 0 Å². The Balaban J connectivity index is 2.04. The summed E-state index contributed by atoms with van der Waals surface area (Å²) in [4.78, 5) is 12.8. The van der Waals surface area contributed by atoms with Crippen molar-refractivity contribution in [3.63, 3.8) is 0 Å².